The zero-order valence-electron chi connectivity index (χ0n) is 13.9. The smallest absolute Gasteiger partial charge is 0.413 e. The van der Waals surface area contributed by atoms with Gasteiger partial charge in [-0.1, -0.05) is 24.3 Å². The van der Waals surface area contributed by atoms with Crippen molar-refractivity contribution >= 4 is 11.9 Å². The van der Waals surface area contributed by atoms with Gasteiger partial charge in [-0.2, -0.15) is 0 Å². The number of pyridine rings is 1. The molecule has 1 aromatic carbocycles. The van der Waals surface area contributed by atoms with Crippen LogP contribution in [0.25, 0.3) is 0 Å². The van der Waals surface area contributed by atoms with E-state index in [1.165, 1.54) is 0 Å². The Kier molecular flexibility index (Phi) is 5.21. The summed E-state index contributed by atoms with van der Waals surface area (Å²) in [6.07, 6.45) is 1.03. The Morgan fingerprint density at radius 3 is 2.61 bits per heavy atom. The average Bonchev–Trinajstić information content (AvgIpc) is 2.46. The first kappa shape index (κ1) is 16.8. The summed E-state index contributed by atoms with van der Waals surface area (Å²) in [6, 6.07) is 11.5. The van der Waals surface area contributed by atoms with E-state index in [0.29, 0.717) is 18.2 Å². The van der Waals surface area contributed by atoms with Crippen molar-refractivity contribution in [2.75, 3.05) is 5.32 Å². The highest BCUT2D eigenvalue weighted by atomic mass is 16.6. The maximum absolute atomic E-state index is 11.9. The van der Waals surface area contributed by atoms with Crippen molar-refractivity contribution < 1.29 is 14.3 Å². The van der Waals surface area contributed by atoms with Gasteiger partial charge in [0.2, 0.25) is 0 Å². The van der Waals surface area contributed by atoms with Crippen LogP contribution >= 0.6 is 0 Å². The van der Waals surface area contributed by atoms with Gasteiger partial charge in [-0.3, -0.25) is 5.32 Å². The van der Waals surface area contributed by atoms with Crippen molar-refractivity contribution in [3.05, 3.63) is 53.7 Å². The van der Waals surface area contributed by atoms with Crippen LogP contribution in [0, 0.1) is 6.92 Å². The molecule has 0 saturated carbocycles. The number of nitrogens with one attached hydrogen (secondary N) is 1. The van der Waals surface area contributed by atoms with E-state index >= 15 is 0 Å². The molecular formula is C18H22N2O3. The van der Waals surface area contributed by atoms with Gasteiger partial charge in [0.15, 0.2) is 11.6 Å². The van der Waals surface area contributed by atoms with Crippen LogP contribution in [-0.2, 0) is 11.3 Å². The van der Waals surface area contributed by atoms with Gasteiger partial charge in [0.25, 0.3) is 0 Å². The van der Waals surface area contributed by atoms with E-state index in [1.807, 2.05) is 31.2 Å². The van der Waals surface area contributed by atoms with Crippen LogP contribution in [-0.4, -0.2) is 16.7 Å². The number of benzene rings is 1. The lowest BCUT2D eigenvalue weighted by Crippen LogP contribution is -2.27. The Balaban J connectivity index is 2.06. The molecular weight excluding hydrogens is 292 g/mol. The third-order valence-corrected chi connectivity index (χ3v) is 3.03. The molecule has 2 aromatic rings. The van der Waals surface area contributed by atoms with Crippen LogP contribution in [0.3, 0.4) is 0 Å². The molecule has 0 spiro atoms. The molecule has 0 bridgehead atoms. The van der Waals surface area contributed by atoms with E-state index in [1.54, 1.807) is 39.1 Å². The normalized spacial score (nSPS) is 11.0. The standard InChI is InChI=1S/C18H22N2O3/c1-13-8-5-6-9-14(13)12-22-15-10-7-11-19-16(15)20-17(21)23-18(2,3)4/h5-11H,12H2,1-4H3,(H,19,20,21). The number of aromatic nitrogens is 1. The van der Waals surface area contributed by atoms with Crippen LogP contribution in [0.4, 0.5) is 10.6 Å². The zero-order chi connectivity index (χ0) is 16.9. The maximum Gasteiger partial charge on any atom is 0.413 e. The highest BCUT2D eigenvalue weighted by Crippen LogP contribution is 2.23. The molecule has 0 radical (unpaired) electrons. The van der Waals surface area contributed by atoms with Crippen molar-refractivity contribution in [2.45, 2.75) is 39.9 Å². The second kappa shape index (κ2) is 7.13. The molecule has 0 unspecified atom stereocenters. The van der Waals surface area contributed by atoms with Gasteiger partial charge in [-0.25, -0.2) is 9.78 Å². The second-order valence-electron chi connectivity index (χ2n) is 6.19. The van der Waals surface area contributed by atoms with Crippen LogP contribution in [0.5, 0.6) is 5.75 Å². The SMILES string of the molecule is Cc1ccccc1COc1cccnc1NC(=O)OC(C)(C)C. The van der Waals surface area contributed by atoms with Gasteiger partial charge in [0, 0.05) is 6.20 Å². The number of hydrogen-bond acceptors (Lipinski definition) is 4. The van der Waals surface area contributed by atoms with E-state index in [2.05, 4.69) is 10.3 Å². The molecule has 1 heterocycles. The van der Waals surface area contributed by atoms with E-state index in [4.69, 9.17) is 9.47 Å². The van der Waals surface area contributed by atoms with Crippen molar-refractivity contribution in [3.63, 3.8) is 0 Å². The molecule has 0 aliphatic rings. The summed E-state index contributed by atoms with van der Waals surface area (Å²) < 4.78 is 11.0. The summed E-state index contributed by atoms with van der Waals surface area (Å²) in [5, 5.41) is 2.62. The molecule has 2 rings (SSSR count). The fraction of sp³-hybridized carbons (Fsp3) is 0.333. The molecule has 0 aliphatic carbocycles. The fourth-order valence-corrected chi connectivity index (χ4v) is 1.93. The number of nitrogens with zero attached hydrogens (tertiary/aromatic N) is 1. The summed E-state index contributed by atoms with van der Waals surface area (Å²) >= 11 is 0. The van der Waals surface area contributed by atoms with E-state index in [0.717, 1.165) is 11.1 Å². The summed E-state index contributed by atoms with van der Waals surface area (Å²) in [5.41, 5.74) is 1.67. The van der Waals surface area contributed by atoms with Crippen LogP contribution in [0.2, 0.25) is 0 Å². The second-order valence-corrected chi connectivity index (χ2v) is 6.19. The fourth-order valence-electron chi connectivity index (χ4n) is 1.93. The highest BCUT2D eigenvalue weighted by Gasteiger charge is 2.18. The Morgan fingerprint density at radius 2 is 1.91 bits per heavy atom. The van der Waals surface area contributed by atoms with Crippen LogP contribution < -0.4 is 10.1 Å². The molecule has 1 N–H and O–H groups in total. The number of aryl methyl sites for hydroxylation is 1. The molecule has 1 amide bonds. The molecule has 0 saturated heterocycles. The van der Waals surface area contributed by atoms with Gasteiger partial charge >= 0.3 is 6.09 Å². The van der Waals surface area contributed by atoms with Crippen molar-refractivity contribution in [3.8, 4) is 5.75 Å². The van der Waals surface area contributed by atoms with Gasteiger partial charge in [-0.15, -0.1) is 0 Å². The maximum atomic E-state index is 11.9. The first-order valence-corrected chi connectivity index (χ1v) is 7.47. The molecule has 0 fully saturated rings. The molecule has 0 atom stereocenters. The Bertz CT molecular complexity index is 678. The number of amides is 1. The quantitative estimate of drug-likeness (QED) is 0.913. The largest absolute Gasteiger partial charge is 0.485 e. The predicted octanol–water partition coefficient (Wildman–Crippen LogP) is 4.32. The third-order valence-electron chi connectivity index (χ3n) is 3.03. The number of ether oxygens (including phenoxy) is 2. The first-order chi connectivity index (χ1) is 10.8. The van der Waals surface area contributed by atoms with Crippen molar-refractivity contribution in [2.24, 2.45) is 0 Å². The highest BCUT2D eigenvalue weighted by molar-refractivity contribution is 5.85. The summed E-state index contributed by atoms with van der Waals surface area (Å²) in [7, 11) is 0. The van der Waals surface area contributed by atoms with Crippen LogP contribution in [0.15, 0.2) is 42.6 Å². The van der Waals surface area contributed by atoms with Crippen molar-refractivity contribution in [1.82, 2.24) is 4.98 Å². The predicted molar refractivity (Wildman–Crippen MR) is 89.6 cm³/mol. The Hall–Kier alpha value is -2.56. The monoisotopic (exact) mass is 314 g/mol. The summed E-state index contributed by atoms with van der Waals surface area (Å²) in [6.45, 7) is 7.85. The summed E-state index contributed by atoms with van der Waals surface area (Å²) in [5.74, 6) is 0.844. The number of carbonyl (C=O) groups is 1. The Morgan fingerprint density at radius 1 is 1.17 bits per heavy atom. The number of anilines is 1. The number of rotatable bonds is 4. The number of hydrogen-bond donors (Lipinski definition) is 1. The lowest BCUT2D eigenvalue weighted by atomic mass is 10.1. The minimum atomic E-state index is -0.568. The van der Waals surface area contributed by atoms with E-state index < -0.39 is 11.7 Å². The van der Waals surface area contributed by atoms with Gasteiger partial charge in [0.1, 0.15) is 12.2 Å². The van der Waals surface area contributed by atoms with Crippen LogP contribution in [0.1, 0.15) is 31.9 Å². The van der Waals surface area contributed by atoms with E-state index in [-0.39, 0.29) is 0 Å². The summed E-state index contributed by atoms with van der Waals surface area (Å²) in [4.78, 5) is 16.0. The van der Waals surface area contributed by atoms with Gasteiger partial charge < -0.3 is 9.47 Å². The minimum Gasteiger partial charge on any atom is -0.485 e. The first-order valence-electron chi connectivity index (χ1n) is 7.47. The van der Waals surface area contributed by atoms with Gasteiger partial charge in [-0.05, 0) is 51.0 Å². The molecule has 5 nitrogen and oxygen atoms in total. The molecule has 23 heavy (non-hydrogen) atoms. The lowest BCUT2D eigenvalue weighted by molar-refractivity contribution is 0.0634. The molecule has 122 valence electrons. The van der Waals surface area contributed by atoms with Crippen molar-refractivity contribution in [1.29, 1.82) is 0 Å². The molecule has 5 heteroatoms. The third kappa shape index (κ3) is 5.29. The number of carbonyl (C=O) groups excluding carboxylic acids is 1. The lowest BCUT2D eigenvalue weighted by Gasteiger charge is -2.20. The average molecular weight is 314 g/mol. The van der Waals surface area contributed by atoms with E-state index in [9.17, 15) is 4.79 Å². The zero-order valence-corrected chi connectivity index (χ0v) is 13.9. The van der Waals surface area contributed by atoms with Gasteiger partial charge in [0.05, 0.1) is 0 Å². The molecule has 1 aromatic heterocycles. The molecule has 0 aliphatic heterocycles. The Labute approximate surface area is 136 Å². The topological polar surface area (TPSA) is 60.5 Å². The minimum absolute atomic E-state index is 0.343.